The van der Waals surface area contributed by atoms with Crippen molar-refractivity contribution in [3.8, 4) is 0 Å². The molecule has 0 aromatic heterocycles. The van der Waals surface area contributed by atoms with E-state index < -0.39 is 0 Å². The van der Waals surface area contributed by atoms with Crippen molar-refractivity contribution >= 4 is 0 Å². The van der Waals surface area contributed by atoms with Crippen LogP contribution in [0.1, 0.15) is 47.0 Å². The van der Waals surface area contributed by atoms with Crippen LogP contribution in [-0.4, -0.2) is 62.5 Å². The number of hydrogen-bond donors (Lipinski definition) is 1. The van der Waals surface area contributed by atoms with Gasteiger partial charge in [0.05, 0.1) is 18.3 Å². The van der Waals surface area contributed by atoms with Gasteiger partial charge >= 0.3 is 0 Å². The fraction of sp³-hybridized carbons (Fsp3) is 1.00. The van der Waals surface area contributed by atoms with Gasteiger partial charge in [-0.3, -0.25) is 4.90 Å². The molecule has 1 fully saturated rings. The zero-order valence-corrected chi connectivity index (χ0v) is 14.1. The molecule has 0 bridgehead atoms. The molecule has 0 radical (unpaired) electrons. The maximum Gasteiger partial charge on any atom is 0.0855 e. The van der Waals surface area contributed by atoms with Gasteiger partial charge in [-0.25, -0.2) is 0 Å². The summed E-state index contributed by atoms with van der Waals surface area (Å²) in [6.45, 7) is 13.9. The molecule has 2 unspecified atom stereocenters. The molecule has 0 aromatic rings. The minimum Gasteiger partial charge on any atom is -0.379 e. The summed E-state index contributed by atoms with van der Waals surface area (Å²) >= 11 is 0. The highest BCUT2D eigenvalue weighted by Gasteiger charge is 2.29. The number of hydrogen-bond acceptors (Lipinski definition) is 4. The van der Waals surface area contributed by atoms with Crippen molar-refractivity contribution < 1.29 is 9.47 Å². The second kappa shape index (κ2) is 8.98. The lowest BCUT2D eigenvalue weighted by Gasteiger charge is -2.38. The third-order valence-corrected chi connectivity index (χ3v) is 4.24. The molecule has 4 nitrogen and oxygen atoms in total. The van der Waals surface area contributed by atoms with E-state index in [1.165, 1.54) is 13.0 Å². The molecule has 0 aromatic carbocycles. The second-order valence-electron chi connectivity index (χ2n) is 6.38. The maximum absolute atomic E-state index is 6.02. The predicted octanol–water partition coefficient (Wildman–Crippen LogP) is 2.28. The van der Waals surface area contributed by atoms with Gasteiger partial charge in [-0.05, 0) is 46.2 Å². The zero-order valence-electron chi connectivity index (χ0n) is 14.1. The van der Waals surface area contributed by atoms with Crippen molar-refractivity contribution in [1.82, 2.24) is 10.2 Å². The van der Waals surface area contributed by atoms with Crippen LogP contribution in [0.25, 0.3) is 0 Å². The predicted molar refractivity (Wildman–Crippen MR) is 84.3 cm³/mol. The summed E-state index contributed by atoms with van der Waals surface area (Å²) < 4.78 is 11.6. The van der Waals surface area contributed by atoms with E-state index in [0.29, 0.717) is 12.1 Å². The van der Waals surface area contributed by atoms with E-state index >= 15 is 0 Å². The summed E-state index contributed by atoms with van der Waals surface area (Å²) in [5, 5.41) is 3.60. The Morgan fingerprint density at radius 3 is 2.75 bits per heavy atom. The minimum absolute atomic E-state index is 0.0502. The molecule has 1 saturated heterocycles. The molecule has 1 heterocycles. The Bertz CT molecular complexity index is 257. The Balaban J connectivity index is 2.51. The topological polar surface area (TPSA) is 33.7 Å². The highest BCUT2D eigenvalue weighted by Crippen LogP contribution is 2.20. The number of nitrogens with one attached hydrogen (secondary N) is 1. The van der Waals surface area contributed by atoms with Crippen molar-refractivity contribution in [2.75, 3.05) is 39.9 Å². The molecule has 2 atom stereocenters. The van der Waals surface area contributed by atoms with Gasteiger partial charge < -0.3 is 14.8 Å². The Kier molecular flexibility index (Phi) is 8.03. The molecule has 1 N–H and O–H groups in total. The van der Waals surface area contributed by atoms with Crippen LogP contribution in [0.2, 0.25) is 0 Å². The van der Waals surface area contributed by atoms with E-state index in [9.17, 15) is 0 Å². The first-order chi connectivity index (χ1) is 9.52. The number of likely N-dealkylation sites (N-methyl/N-ethyl adjacent to an activating group) is 1. The Labute approximate surface area is 125 Å². The second-order valence-corrected chi connectivity index (χ2v) is 6.38. The highest BCUT2D eigenvalue weighted by atomic mass is 16.5. The third-order valence-electron chi connectivity index (χ3n) is 4.24. The number of methoxy groups -OCH3 is 1. The summed E-state index contributed by atoms with van der Waals surface area (Å²) in [6.07, 6.45) is 3.67. The van der Waals surface area contributed by atoms with Crippen LogP contribution in [0.15, 0.2) is 0 Å². The molecule has 0 spiro atoms. The van der Waals surface area contributed by atoms with Crippen molar-refractivity contribution in [3.63, 3.8) is 0 Å². The van der Waals surface area contributed by atoms with Gasteiger partial charge in [0.2, 0.25) is 0 Å². The molecule has 0 aliphatic carbocycles. The standard InChI is InChI=1S/C16H34N2O2/c1-6-10-18-11-12-20-15(13-18)14(17-7-2)8-9-16(3,4)19-5/h14-15,17H,6-13H2,1-5H3. The van der Waals surface area contributed by atoms with Crippen molar-refractivity contribution in [2.45, 2.75) is 64.7 Å². The first kappa shape index (κ1) is 17.9. The van der Waals surface area contributed by atoms with Gasteiger partial charge in [-0.1, -0.05) is 13.8 Å². The largest absolute Gasteiger partial charge is 0.379 e. The first-order valence-corrected chi connectivity index (χ1v) is 8.15. The van der Waals surface area contributed by atoms with Gasteiger partial charge in [0.15, 0.2) is 0 Å². The van der Waals surface area contributed by atoms with Crippen LogP contribution in [0.4, 0.5) is 0 Å². The smallest absolute Gasteiger partial charge is 0.0855 e. The lowest BCUT2D eigenvalue weighted by molar-refractivity contribution is -0.0534. The summed E-state index contributed by atoms with van der Waals surface area (Å²) in [6, 6.07) is 0.425. The van der Waals surface area contributed by atoms with Crippen LogP contribution >= 0.6 is 0 Å². The van der Waals surface area contributed by atoms with Crippen molar-refractivity contribution in [2.24, 2.45) is 0 Å². The maximum atomic E-state index is 6.02. The van der Waals surface area contributed by atoms with Crippen molar-refractivity contribution in [3.05, 3.63) is 0 Å². The molecule has 0 saturated carbocycles. The summed E-state index contributed by atoms with van der Waals surface area (Å²) in [4.78, 5) is 2.53. The first-order valence-electron chi connectivity index (χ1n) is 8.15. The molecule has 0 amide bonds. The lowest BCUT2D eigenvalue weighted by Crippen LogP contribution is -2.52. The summed E-state index contributed by atoms with van der Waals surface area (Å²) in [7, 11) is 1.79. The fourth-order valence-corrected chi connectivity index (χ4v) is 2.78. The average molecular weight is 286 g/mol. The van der Waals surface area contributed by atoms with E-state index in [4.69, 9.17) is 9.47 Å². The summed E-state index contributed by atoms with van der Waals surface area (Å²) in [5.41, 5.74) is -0.0502. The monoisotopic (exact) mass is 286 g/mol. The van der Waals surface area contributed by atoms with Crippen LogP contribution in [0.5, 0.6) is 0 Å². The molecule has 1 aliphatic rings. The van der Waals surface area contributed by atoms with Crippen LogP contribution in [-0.2, 0) is 9.47 Å². The van der Waals surface area contributed by atoms with Gasteiger partial charge in [0.25, 0.3) is 0 Å². The quantitative estimate of drug-likeness (QED) is 0.705. The minimum atomic E-state index is -0.0502. The fourth-order valence-electron chi connectivity index (χ4n) is 2.78. The van der Waals surface area contributed by atoms with Gasteiger partial charge in [0.1, 0.15) is 0 Å². The van der Waals surface area contributed by atoms with Gasteiger partial charge in [-0.15, -0.1) is 0 Å². The lowest BCUT2D eigenvalue weighted by atomic mass is 9.95. The number of nitrogens with zero attached hydrogens (tertiary/aromatic N) is 1. The zero-order chi connectivity index (χ0) is 15.0. The number of ether oxygens (including phenoxy) is 2. The number of morpholine rings is 1. The molecular weight excluding hydrogens is 252 g/mol. The average Bonchev–Trinajstić information content (AvgIpc) is 2.44. The Hall–Kier alpha value is -0.160. The van der Waals surface area contributed by atoms with E-state index in [-0.39, 0.29) is 5.60 Å². The SMILES string of the molecule is CCCN1CCOC(C(CCC(C)(C)OC)NCC)C1. The van der Waals surface area contributed by atoms with Crippen LogP contribution in [0, 0.1) is 0 Å². The Morgan fingerprint density at radius 2 is 2.15 bits per heavy atom. The summed E-state index contributed by atoms with van der Waals surface area (Å²) in [5.74, 6) is 0. The number of rotatable bonds is 9. The van der Waals surface area contributed by atoms with E-state index in [2.05, 4.69) is 37.9 Å². The van der Waals surface area contributed by atoms with Crippen molar-refractivity contribution in [1.29, 1.82) is 0 Å². The molecule has 20 heavy (non-hydrogen) atoms. The molecule has 4 heteroatoms. The Morgan fingerprint density at radius 1 is 1.40 bits per heavy atom. The van der Waals surface area contributed by atoms with Gasteiger partial charge in [0, 0.05) is 26.2 Å². The van der Waals surface area contributed by atoms with Crippen LogP contribution in [0.3, 0.4) is 0 Å². The van der Waals surface area contributed by atoms with E-state index in [1.54, 1.807) is 7.11 Å². The molecule has 1 rings (SSSR count). The van der Waals surface area contributed by atoms with Crippen LogP contribution < -0.4 is 5.32 Å². The van der Waals surface area contributed by atoms with E-state index in [0.717, 1.165) is 39.1 Å². The van der Waals surface area contributed by atoms with Gasteiger partial charge in [-0.2, -0.15) is 0 Å². The molecule has 1 aliphatic heterocycles. The molecule has 120 valence electrons. The highest BCUT2D eigenvalue weighted by molar-refractivity contribution is 4.85. The normalized spacial score (nSPS) is 22.9. The van der Waals surface area contributed by atoms with E-state index in [1.807, 2.05) is 0 Å². The molecular formula is C16H34N2O2. The third kappa shape index (κ3) is 6.08.